The van der Waals surface area contributed by atoms with Crippen LogP contribution < -0.4 is 16.3 Å². The molecule has 0 saturated heterocycles. The number of benzene rings is 1. The van der Waals surface area contributed by atoms with E-state index in [0.29, 0.717) is 9.64 Å². The molecule has 0 unspecified atom stereocenters. The van der Waals surface area contributed by atoms with Crippen LogP contribution in [0.2, 0.25) is 0 Å². The van der Waals surface area contributed by atoms with Crippen molar-refractivity contribution in [3.05, 3.63) is 26.7 Å². The molecule has 2 rings (SSSR count). The number of hydrogen-bond acceptors (Lipinski definition) is 7. The molecule has 0 radical (unpaired) electrons. The zero-order valence-corrected chi connectivity index (χ0v) is 9.30. The summed E-state index contributed by atoms with van der Waals surface area (Å²) in [5.41, 5.74) is 7.56. The molecule has 1 aliphatic rings. The number of guanidine groups is 1. The number of aliphatic imine (C=N–C) groups is 1. The number of nitro benzene ring substituents is 1. The maximum atomic E-state index is 10.8. The molecular formula is C7H6BrN5O3. The highest BCUT2D eigenvalue weighted by Gasteiger charge is 2.25. The van der Waals surface area contributed by atoms with E-state index >= 15 is 0 Å². The summed E-state index contributed by atoms with van der Waals surface area (Å²) < 4.78 is 0.453. The molecule has 0 amide bonds. The van der Waals surface area contributed by atoms with Crippen molar-refractivity contribution in [1.29, 1.82) is 0 Å². The van der Waals surface area contributed by atoms with Crippen molar-refractivity contribution in [2.45, 2.75) is 0 Å². The van der Waals surface area contributed by atoms with Gasteiger partial charge in [-0.3, -0.25) is 15.3 Å². The van der Waals surface area contributed by atoms with Gasteiger partial charge in [0.1, 0.15) is 5.69 Å². The summed E-state index contributed by atoms with van der Waals surface area (Å²) in [5, 5.41) is 20.9. The van der Waals surface area contributed by atoms with E-state index in [1.54, 1.807) is 0 Å². The van der Waals surface area contributed by atoms with Crippen LogP contribution in [-0.2, 0) is 0 Å². The minimum atomic E-state index is -0.598. The van der Waals surface area contributed by atoms with Gasteiger partial charge in [0, 0.05) is 10.5 Å². The van der Waals surface area contributed by atoms with Crippen molar-refractivity contribution in [3.8, 4) is 0 Å². The van der Waals surface area contributed by atoms with E-state index in [0.717, 1.165) is 0 Å². The van der Waals surface area contributed by atoms with Crippen LogP contribution in [0.4, 0.5) is 17.1 Å². The van der Waals surface area contributed by atoms with Gasteiger partial charge in [0.2, 0.25) is 5.96 Å². The van der Waals surface area contributed by atoms with Gasteiger partial charge >= 0.3 is 0 Å². The van der Waals surface area contributed by atoms with E-state index in [9.17, 15) is 15.3 Å². The molecule has 9 heteroatoms. The molecule has 0 bridgehead atoms. The van der Waals surface area contributed by atoms with E-state index in [1.165, 1.54) is 12.1 Å². The minimum Gasteiger partial charge on any atom is -0.368 e. The second-order valence-corrected chi connectivity index (χ2v) is 3.89. The number of nitrogens with two attached hydrogens (primary N) is 1. The van der Waals surface area contributed by atoms with Gasteiger partial charge in [-0.15, -0.1) is 0 Å². The van der Waals surface area contributed by atoms with Crippen LogP contribution in [-0.4, -0.2) is 16.1 Å². The van der Waals surface area contributed by atoms with Crippen LogP contribution in [0.3, 0.4) is 0 Å². The number of fused-ring (bicyclic) bond motifs is 1. The zero-order chi connectivity index (χ0) is 11.9. The molecule has 16 heavy (non-hydrogen) atoms. The predicted molar refractivity (Wildman–Crippen MR) is 59.5 cm³/mol. The molecule has 0 spiro atoms. The van der Waals surface area contributed by atoms with Gasteiger partial charge in [-0.1, -0.05) is 15.9 Å². The monoisotopic (exact) mass is 287 g/mol. The summed E-state index contributed by atoms with van der Waals surface area (Å²) in [7, 11) is 0. The maximum Gasteiger partial charge on any atom is 0.298 e. The van der Waals surface area contributed by atoms with Crippen molar-refractivity contribution in [1.82, 2.24) is 5.43 Å². The summed E-state index contributed by atoms with van der Waals surface area (Å²) in [5.74, 6) is -0.125. The highest BCUT2D eigenvalue weighted by Crippen LogP contribution is 2.40. The van der Waals surface area contributed by atoms with Crippen molar-refractivity contribution in [3.63, 3.8) is 0 Å². The molecule has 0 aromatic heterocycles. The largest absolute Gasteiger partial charge is 0.368 e. The number of anilines is 1. The Balaban J connectivity index is 2.71. The summed E-state index contributed by atoms with van der Waals surface area (Å²) in [6.45, 7) is 0. The lowest BCUT2D eigenvalue weighted by atomic mass is 10.2. The third kappa shape index (κ3) is 1.66. The quantitative estimate of drug-likeness (QED) is 0.524. The number of halogens is 1. The van der Waals surface area contributed by atoms with Crippen molar-refractivity contribution in [2.24, 2.45) is 10.7 Å². The van der Waals surface area contributed by atoms with Gasteiger partial charge in [-0.25, -0.2) is 10.4 Å². The Morgan fingerprint density at radius 2 is 2.31 bits per heavy atom. The van der Waals surface area contributed by atoms with Crippen LogP contribution >= 0.6 is 15.9 Å². The summed E-state index contributed by atoms with van der Waals surface area (Å²) in [6.07, 6.45) is 0. The number of rotatable bonds is 1. The van der Waals surface area contributed by atoms with Crippen molar-refractivity contribution < 1.29 is 10.1 Å². The second kappa shape index (κ2) is 3.61. The van der Waals surface area contributed by atoms with Gasteiger partial charge in [0.15, 0.2) is 5.69 Å². The first-order chi connectivity index (χ1) is 7.49. The van der Waals surface area contributed by atoms with Crippen LogP contribution in [0.1, 0.15) is 0 Å². The van der Waals surface area contributed by atoms with Gasteiger partial charge < -0.3 is 5.73 Å². The molecule has 1 aromatic rings. The van der Waals surface area contributed by atoms with E-state index < -0.39 is 4.92 Å². The molecule has 84 valence electrons. The van der Waals surface area contributed by atoms with Gasteiger partial charge in [0.25, 0.3) is 5.69 Å². The molecule has 1 aliphatic heterocycles. The number of nitro groups is 1. The van der Waals surface area contributed by atoms with Crippen LogP contribution in [0, 0.1) is 10.1 Å². The van der Waals surface area contributed by atoms with E-state index in [-0.39, 0.29) is 23.0 Å². The lowest BCUT2D eigenvalue weighted by Crippen LogP contribution is -2.46. The van der Waals surface area contributed by atoms with E-state index in [4.69, 9.17) is 5.73 Å². The molecular weight excluding hydrogens is 282 g/mol. The van der Waals surface area contributed by atoms with Crippen molar-refractivity contribution in [2.75, 3.05) is 5.17 Å². The minimum absolute atomic E-state index is 0.00644. The first kappa shape index (κ1) is 10.6. The molecule has 8 nitrogen and oxygen atoms in total. The Bertz CT molecular complexity index is 503. The first-order valence-electron chi connectivity index (χ1n) is 4.07. The van der Waals surface area contributed by atoms with Crippen molar-refractivity contribution >= 4 is 39.0 Å². The van der Waals surface area contributed by atoms with E-state index in [2.05, 4.69) is 26.3 Å². The average Bonchev–Trinajstić information content (AvgIpc) is 2.18. The number of nitrogens with one attached hydrogen (secondary N) is 1. The second-order valence-electron chi connectivity index (χ2n) is 2.97. The molecule has 0 atom stereocenters. The molecule has 4 N–H and O–H groups in total. The fourth-order valence-electron chi connectivity index (χ4n) is 1.30. The average molecular weight is 288 g/mol. The highest BCUT2D eigenvalue weighted by molar-refractivity contribution is 9.10. The Hall–Kier alpha value is -1.87. The van der Waals surface area contributed by atoms with Crippen LogP contribution in [0.5, 0.6) is 0 Å². The van der Waals surface area contributed by atoms with Gasteiger partial charge in [-0.2, -0.15) is 5.17 Å². The fraction of sp³-hybridized carbons (Fsp3) is 0. The van der Waals surface area contributed by atoms with Gasteiger partial charge in [0.05, 0.1) is 4.92 Å². The van der Waals surface area contributed by atoms with Crippen LogP contribution in [0.25, 0.3) is 0 Å². The third-order valence-corrected chi connectivity index (χ3v) is 2.37. The smallest absolute Gasteiger partial charge is 0.298 e. The standard InChI is InChI=1S/C7H6BrN5O3/c8-3-1-4-6(5(2-3)13(15)16)10-7(9)11-12(4)14/h1-2,14H,(H3,9,10,11). The molecule has 0 fully saturated rings. The number of hydrogen-bond donors (Lipinski definition) is 3. The predicted octanol–water partition coefficient (Wildman–Crippen LogP) is 1.02. The summed E-state index contributed by atoms with van der Waals surface area (Å²) in [6, 6.07) is 2.76. The first-order valence-corrected chi connectivity index (χ1v) is 4.86. The Labute approximate surface area is 97.6 Å². The van der Waals surface area contributed by atoms with Gasteiger partial charge in [-0.05, 0) is 6.07 Å². The van der Waals surface area contributed by atoms with E-state index in [1.807, 2.05) is 0 Å². The third-order valence-electron chi connectivity index (χ3n) is 1.91. The summed E-state index contributed by atoms with van der Waals surface area (Å²) in [4.78, 5) is 14.0. The molecule has 0 aliphatic carbocycles. The lowest BCUT2D eigenvalue weighted by Gasteiger charge is -2.23. The molecule has 1 heterocycles. The fourth-order valence-corrected chi connectivity index (χ4v) is 1.73. The lowest BCUT2D eigenvalue weighted by molar-refractivity contribution is -0.384. The topological polar surface area (TPSA) is 117 Å². The number of nitrogens with zero attached hydrogens (tertiary/aromatic N) is 3. The zero-order valence-electron chi connectivity index (χ0n) is 7.72. The Kier molecular flexibility index (Phi) is 2.40. The molecule has 0 saturated carbocycles. The Morgan fingerprint density at radius 3 is 2.94 bits per heavy atom. The maximum absolute atomic E-state index is 10.8. The molecule has 1 aromatic carbocycles. The SMILES string of the molecule is NC1=Nc2c(cc(Br)cc2[N+](=O)[O-])N(O)N1. The number of hydrazine groups is 1. The normalized spacial score (nSPS) is 13.9. The highest BCUT2D eigenvalue weighted by atomic mass is 79.9. The summed E-state index contributed by atoms with van der Waals surface area (Å²) >= 11 is 3.10. The van der Waals surface area contributed by atoms with Crippen LogP contribution in [0.15, 0.2) is 21.6 Å². The Morgan fingerprint density at radius 1 is 1.62 bits per heavy atom.